The molecule has 0 aromatic carbocycles. The molecule has 1 heteroatoms. The van der Waals surface area contributed by atoms with Crippen molar-refractivity contribution in [3.63, 3.8) is 0 Å². The first-order valence-corrected chi connectivity index (χ1v) is 3.96. The van der Waals surface area contributed by atoms with Crippen LogP contribution in [0.1, 0.15) is 20.3 Å². The zero-order chi connectivity index (χ0) is 8.27. The third kappa shape index (κ3) is 2.26. The molecule has 0 aromatic heterocycles. The molecular weight excluding hydrogens is 136 g/mol. The van der Waals surface area contributed by atoms with Crippen molar-refractivity contribution in [3.8, 4) is 0 Å². The van der Waals surface area contributed by atoms with Gasteiger partial charge in [-0.05, 0) is 17.6 Å². The summed E-state index contributed by atoms with van der Waals surface area (Å²) in [7, 11) is 0. The highest BCUT2D eigenvalue weighted by Crippen LogP contribution is 2.15. The van der Waals surface area contributed by atoms with Gasteiger partial charge in [-0.2, -0.15) is 0 Å². The second-order valence-corrected chi connectivity index (χ2v) is 3.09. The number of allylic oxidation sites excluding steroid dienone is 5. The zero-order valence-corrected chi connectivity index (χ0v) is 7.04. The second kappa shape index (κ2) is 3.42. The lowest BCUT2D eigenvalue weighted by Crippen LogP contribution is -1.88. The van der Waals surface area contributed by atoms with Gasteiger partial charge in [0.05, 0.1) is 5.76 Å². The van der Waals surface area contributed by atoms with E-state index >= 15 is 0 Å². The van der Waals surface area contributed by atoms with Crippen LogP contribution in [0.5, 0.6) is 0 Å². The van der Waals surface area contributed by atoms with Crippen LogP contribution in [0.25, 0.3) is 0 Å². The average Bonchev–Trinajstić information content (AvgIpc) is 2.13. The Hall–Kier alpha value is -0.980. The van der Waals surface area contributed by atoms with Crippen molar-refractivity contribution in [2.45, 2.75) is 20.3 Å². The summed E-state index contributed by atoms with van der Waals surface area (Å²) in [6.07, 6.45) is 8.47. The molecule has 11 heavy (non-hydrogen) atoms. The summed E-state index contributed by atoms with van der Waals surface area (Å²) >= 11 is 0. The van der Waals surface area contributed by atoms with E-state index in [0.717, 1.165) is 0 Å². The topological polar surface area (TPSA) is 20.2 Å². The average molecular weight is 150 g/mol. The molecule has 0 radical (unpaired) electrons. The highest BCUT2D eigenvalue weighted by molar-refractivity contribution is 5.29. The molecule has 0 atom stereocenters. The summed E-state index contributed by atoms with van der Waals surface area (Å²) in [4.78, 5) is 0. The van der Waals surface area contributed by atoms with E-state index < -0.39 is 0 Å². The van der Waals surface area contributed by atoms with Gasteiger partial charge in [0.1, 0.15) is 0 Å². The van der Waals surface area contributed by atoms with Gasteiger partial charge in [-0.1, -0.05) is 32.1 Å². The third-order valence-electron chi connectivity index (χ3n) is 1.77. The molecule has 1 N–H and O–H groups in total. The van der Waals surface area contributed by atoms with Crippen LogP contribution in [0, 0.1) is 5.92 Å². The molecular formula is C10H14O. The Bertz CT molecular complexity index is 219. The fourth-order valence-corrected chi connectivity index (χ4v) is 1.02. The first-order chi connectivity index (χ1) is 5.20. The van der Waals surface area contributed by atoms with Crippen LogP contribution in [0.3, 0.4) is 0 Å². The minimum atomic E-state index is 0.442. The van der Waals surface area contributed by atoms with Crippen molar-refractivity contribution in [1.82, 2.24) is 0 Å². The Morgan fingerprint density at radius 3 is 2.73 bits per heavy atom. The molecule has 0 amide bonds. The second-order valence-electron chi connectivity index (χ2n) is 3.09. The van der Waals surface area contributed by atoms with Crippen LogP contribution in [-0.2, 0) is 0 Å². The molecule has 0 aromatic rings. The van der Waals surface area contributed by atoms with Crippen molar-refractivity contribution >= 4 is 0 Å². The first-order valence-electron chi connectivity index (χ1n) is 3.96. The lowest BCUT2D eigenvalue weighted by atomic mass is 10.0. The minimum Gasteiger partial charge on any atom is -0.512 e. The van der Waals surface area contributed by atoms with Crippen LogP contribution >= 0.6 is 0 Å². The Morgan fingerprint density at radius 2 is 2.09 bits per heavy atom. The predicted molar refractivity (Wildman–Crippen MR) is 47.4 cm³/mol. The molecule has 0 heterocycles. The molecule has 0 spiro atoms. The maximum Gasteiger partial charge on any atom is 0.0960 e. The maximum absolute atomic E-state index is 9.15. The van der Waals surface area contributed by atoms with Gasteiger partial charge < -0.3 is 5.11 Å². The molecule has 1 nitrogen and oxygen atoms in total. The Labute approximate surface area is 67.7 Å². The van der Waals surface area contributed by atoms with Crippen LogP contribution in [0.4, 0.5) is 0 Å². The molecule has 0 saturated heterocycles. The summed E-state index contributed by atoms with van der Waals surface area (Å²) in [5, 5.41) is 9.15. The minimum absolute atomic E-state index is 0.442. The lowest BCUT2D eigenvalue weighted by molar-refractivity contribution is 0.402. The Kier molecular flexibility index (Phi) is 2.53. The molecule has 0 aliphatic heterocycles. The van der Waals surface area contributed by atoms with E-state index in [1.54, 1.807) is 6.08 Å². The summed E-state index contributed by atoms with van der Waals surface area (Å²) < 4.78 is 0. The smallest absolute Gasteiger partial charge is 0.0960 e. The Balaban J connectivity index is 2.81. The molecule has 0 fully saturated rings. The molecule has 0 saturated carbocycles. The van der Waals surface area contributed by atoms with E-state index in [2.05, 4.69) is 19.9 Å². The fraction of sp³-hybridized carbons (Fsp3) is 0.400. The van der Waals surface area contributed by atoms with Crippen molar-refractivity contribution in [1.29, 1.82) is 0 Å². The molecule has 1 rings (SSSR count). The van der Waals surface area contributed by atoms with E-state index in [0.29, 0.717) is 18.1 Å². The highest BCUT2D eigenvalue weighted by Gasteiger charge is 2.00. The first kappa shape index (κ1) is 8.12. The van der Waals surface area contributed by atoms with E-state index in [1.165, 1.54) is 5.57 Å². The number of aliphatic hydroxyl groups excluding tert-OH is 1. The molecule has 0 unspecified atom stereocenters. The summed E-state index contributed by atoms with van der Waals surface area (Å²) in [6, 6.07) is 0. The van der Waals surface area contributed by atoms with Gasteiger partial charge in [0.25, 0.3) is 0 Å². The van der Waals surface area contributed by atoms with Crippen LogP contribution < -0.4 is 0 Å². The summed E-state index contributed by atoms with van der Waals surface area (Å²) in [5.41, 5.74) is 1.27. The normalized spacial score (nSPS) is 17.7. The van der Waals surface area contributed by atoms with Crippen molar-refractivity contribution in [3.05, 3.63) is 35.6 Å². The van der Waals surface area contributed by atoms with Crippen molar-refractivity contribution < 1.29 is 5.11 Å². The molecule has 0 bridgehead atoms. The van der Waals surface area contributed by atoms with E-state index in [9.17, 15) is 0 Å². The number of rotatable bonds is 1. The lowest BCUT2D eigenvalue weighted by Gasteiger charge is -2.02. The van der Waals surface area contributed by atoms with Gasteiger partial charge in [-0.25, -0.2) is 0 Å². The number of aliphatic hydroxyl groups is 1. The van der Waals surface area contributed by atoms with Crippen molar-refractivity contribution in [2.24, 2.45) is 5.92 Å². The van der Waals surface area contributed by atoms with E-state index in [4.69, 9.17) is 5.11 Å². The SMILES string of the molecule is CC(C)C1=CC=C(O)CC=C1. The maximum atomic E-state index is 9.15. The zero-order valence-electron chi connectivity index (χ0n) is 7.04. The monoisotopic (exact) mass is 150 g/mol. The van der Waals surface area contributed by atoms with Crippen LogP contribution in [0.15, 0.2) is 35.6 Å². The van der Waals surface area contributed by atoms with Gasteiger partial charge in [0, 0.05) is 6.42 Å². The quantitative estimate of drug-likeness (QED) is 0.609. The van der Waals surface area contributed by atoms with Crippen LogP contribution in [-0.4, -0.2) is 5.11 Å². The van der Waals surface area contributed by atoms with Crippen LogP contribution in [0.2, 0.25) is 0 Å². The molecule has 1 aliphatic rings. The van der Waals surface area contributed by atoms with Gasteiger partial charge in [0.15, 0.2) is 0 Å². The Morgan fingerprint density at radius 1 is 1.36 bits per heavy atom. The summed E-state index contributed by atoms with van der Waals surface area (Å²) in [5.74, 6) is 0.977. The predicted octanol–water partition coefficient (Wildman–Crippen LogP) is 2.97. The fourth-order valence-electron chi connectivity index (χ4n) is 1.02. The number of hydrogen-bond donors (Lipinski definition) is 1. The largest absolute Gasteiger partial charge is 0.512 e. The van der Waals surface area contributed by atoms with Gasteiger partial charge in [-0.15, -0.1) is 0 Å². The molecule has 60 valence electrons. The van der Waals surface area contributed by atoms with E-state index in [1.807, 2.05) is 12.2 Å². The number of hydrogen-bond acceptors (Lipinski definition) is 1. The van der Waals surface area contributed by atoms with Crippen molar-refractivity contribution in [2.75, 3.05) is 0 Å². The standard InChI is InChI=1S/C10H14O/c1-8(2)9-4-3-5-10(11)7-6-9/h3-4,6-8,11H,5H2,1-2H3. The van der Waals surface area contributed by atoms with Gasteiger partial charge >= 0.3 is 0 Å². The molecule has 1 aliphatic carbocycles. The van der Waals surface area contributed by atoms with E-state index in [-0.39, 0.29) is 0 Å². The van der Waals surface area contributed by atoms with Gasteiger partial charge in [-0.3, -0.25) is 0 Å². The summed E-state index contributed by atoms with van der Waals surface area (Å²) in [6.45, 7) is 4.29. The van der Waals surface area contributed by atoms with Gasteiger partial charge in [0.2, 0.25) is 0 Å². The third-order valence-corrected chi connectivity index (χ3v) is 1.77. The highest BCUT2D eigenvalue weighted by atomic mass is 16.3.